The minimum absolute atomic E-state index is 0.209. The number of thiazole rings is 1. The van der Waals surface area contributed by atoms with E-state index >= 15 is 0 Å². The topological polar surface area (TPSA) is 170 Å². The summed E-state index contributed by atoms with van der Waals surface area (Å²) in [5, 5.41) is 0.983. The van der Waals surface area contributed by atoms with Crippen LogP contribution in [0.3, 0.4) is 0 Å². The third-order valence-electron chi connectivity index (χ3n) is 11.0. The van der Waals surface area contributed by atoms with E-state index in [4.69, 9.17) is 25.9 Å². The van der Waals surface area contributed by atoms with Crippen LogP contribution in [0.5, 0.6) is 0 Å². The van der Waals surface area contributed by atoms with Crippen molar-refractivity contribution in [3.63, 3.8) is 0 Å². The molecule has 0 bridgehead atoms. The maximum absolute atomic E-state index is 13.2. The zero-order chi connectivity index (χ0) is 40.7. The van der Waals surface area contributed by atoms with Crippen molar-refractivity contribution in [2.24, 2.45) is 11.5 Å². The van der Waals surface area contributed by atoms with Crippen LogP contribution in [0.15, 0.2) is 178 Å². The number of nitrogens with zero attached hydrogens (tertiary/aromatic N) is 3. The molecule has 11 heteroatoms. The molecule has 10 aromatic rings. The number of hydrogen-bond donors (Lipinski definition) is 4. The molecule has 0 radical (unpaired) electrons. The van der Waals surface area contributed by atoms with Gasteiger partial charge in [-0.15, -0.1) is 11.3 Å². The third-order valence-corrected chi connectivity index (χ3v) is 11.8. The van der Waals surface area contributed by atoms with E-state index in [-0.39, 0.29) is 11.1 Å². The van der Waals surface area contributed by atoms with Crippen LogP contribution < -0.4 is 22.6 Å². The summed E-state index contributed by atoms with van der Waals surface area (Å²) in [6.45, 7) is 0. The molecule has 60 heavy (non-hydrogen) atoms. The van der Waals surface area contributed by atoms with Gasteiger partial charge in [0.2, 0.25) is 0 Å². The Kier molecular flexibility index (Phi) is 9.38. The second-order valence-corrected chi connectivity index (χ2v) is 15.4. The van der Waals surface area contributed by atoms with Gasteiger partial charge in [-0.05, 0) is 40.5 Å². The summed E-state index contributed by atoms with van der Waals surface area (Å²) in [5.41, 5.74) is 27.1. The monoisotopic (exact) mass is 801 g/mol. The van der Waals surface area contributed by atoms with Crippen molar-refractivity contribution < 1.29 is 4.42 Å². The van der Waals surface area contributed by atoms with Gasteiger partial charge in [-0.2, -0.15) is 0 Å². The van der Waals surface area contributed by atoms with Gasteiger partial charge < -0.3 is 25.9 Å². The number of fused-ring (bicyclic) bond motifs is 2. The fraction of sp³-hybridized carbons (Fsp3) is 0.0408. The predicted molar refractivity (Wildman–Crippen MR) is 239 cm³/mol. The lowest BCUT2D eigenvalue weighted by molar-refractivity contribution is 0.568. The van der Waals surface area contributed by atoms with Crippen LogP contribution in [0, 0.1) is 0 Å². The molecule has 0 aliphatic carbocycles. The average Bonchev–Trinajstić information content (AvgIpc) is 4.05. The van der Waals surface area contributed by atoms with Crippen LogP contribution in [0.25, 0.3) is 88.1 Å². The average molecular weight is 802 g/mol. The molecule has 2 unspecified atom stereocenters. The highest BCUT2D eigenvalue weighted by molar-refractivity contribution is 7.13. The van der Waals surface area contributed by atoms with E-state index in [1.54, 1.807) is 36.6 Å². The Labute approximate surface area is 346 Å². The Balaban J connectivity index is 0.991. The number of rotatable bonds is 9. The molecular weight excluding hydrogens is 767 g/mol. The van der Waals surface area contributed by atoms with E-state index in [0.29, 0.717) is 21.8 Å². The van der Waals surface area contributed by atoms with Crippen LogP contribution in [0.1, 0.15) is 23.2 Å². The lowest BCUT2D eigenvalue weighted by Crippen LogP contribution is -2.26. The van der Waals surface area contributed by atoms with Crippen LogP contribution in [0.4, 0.5) is 0 Å². The summed E-state index contributed by atoms with van der Waals surface area (Å²) in [5.74, 6) is 0. The van der Waals surface area contributed by atoms with Gasteiger partial charge in [-0.3, -0.25) is 14.6 Å². The fourth-order valence-corrected chi connectivity index (χ4v) is 8.42. The van der Waals surface area contributed by atoms with Crippen LogP contribution in [-0.2, 0) is 0 Å². The maximum Gasteiger partial charge on any atom is 0.257 e. The van der Waals surface area contributed by atoms with Gasteiger partial charge in [0.25, 0.3) is 11.1 Å². The molecule has 0 aliphatic heterocycles. The first kappa shape index (κ1) is 36.7. The number of aromatic amines is 2. The highest BCUT2D eigenvalue weighted by atomic mass is 32.1. The molecule has 6 aromatic heterocycles. The van der Waals surface area contributed by atoms with E-state index in [2.05, 4.69) is 15.0 Å². The largest absolute Gasteiger partial charge is 0.472 e. The van der Waals surface area contributed by atoms with Crippen molar-refractivity contribution in [2.45, 2.75) is 12.1 Å². The molecule has 10 rings (SSSR count). The van der Waals surface area contributed by atoms with Crippen molar-refractivity contribution in [2.75, 3.05) is 0 Å². The molecule has 6 N–H and O–H groups in total. The standard InChI is InChI=1S/C49H35N7O3S/c50-42(30-11-15-32(16-12-30)44-35(28-7-3-1-4-8-28)21-37-46(55-44)39(23-53-48(37)57)34-19-20-59-26-34)43(51)31-13-17-33(18-14-31)45-36(29-9-5-2-6-10-29)22-38-47(56-45)40(24-54-49(38)58)41-25-52-27-60-41/h1-27,42-43H,50-51H2,(H,53,57)(H,54,58). The summed E-state index contributed by atoms with van der Waals surface area (Å²) in [6.07, 6.45) is 8.39. The quantitative estimate of drug-likeness (QED) is 0.112. The zero-order valence-electron chi connectivity index (χ0n) is 31.9. The molecule has 0 saturated carbocycles. The minimum Gasteiger partial charge on any atom is -0.472 e. The molecule has 4 aromatic carbocycles. The Morgan fingerprint density at radius 2 is 1.05 bits per heavy atom. The molecule has 0 spiro atoms. The van der Waals surface area contributed by atoms with Crippen molar-refractivity contribution in [3.05, 3.63) is 196 Å². The Morgan fingerprint density at radius 1 is 0.550 bits per heavy atom. The number of nitrogens with one attached hydrogen (secondary N) is 2. The normalized spacial score (nSPS) is 12.5. The van der Waals surface area contributed by atoms with Crippen LogP contribution in [-0.4, -0.2) is 24.9 Å². The van der Waals surface area contributed by atoms with Gasteiger partial charge in [0.05, 0.1) is 56.1 Å². The number of H-pyrrole nitrogens is 2. The van der Waals surface area contributed by atoms with E-state index in [1.165, 1.54) is 11.3 Å². The smallest absolute Gasteiger partial charge is 0.257 e. The van der Waals surface area contributed by atoms with E-state index in [1.807, 2.05) is 127 Å². The molecule has 6 heterocycles. The van der Waals surface area contributed by atoms with Gasteiger partial charge >= 0.3 is 0 Å². The third kappa shape index (κ3) is 6.62. The lowest BCUT2D eigenvalue weighted by atomic mass is 9.91. The lowest BCUT2D eigenvalue weighted by Gasteiger charge is -2.22. The summed E-state index contributed by atoms with van der Waals surface area (Å²) in [6, 6.07) is 40.4. The molecule has 0 amide bonds. The fourth-order valence-electron chi connectivity index (χ4n) is 7.78. The Hall–Kier alpha value is -7.57. The highest BCUT2D eigenvalue weighted by Gasteiger charge is 2.22. The number of nitrogens with two attached hydrogens (primary N) is 2. The number of furan rings is 1. The van der Waals surface area contributed by atoms with Crippen molar-refractivity contribution in [3.8, 4) is 66.3 Å². The van der Waals surface area contributed by atoms with Gasteiger partial charge in [0, 0.05) is 69.6 Å². The van der Waals surface area contributed by atoms with E-state index in [9.17, 15) is 9.59 Å². The summed E-state index contributed by atoms with van der Waals surface area (Å²) in [4.78, 5) is 47.5. The molecule has 0 aliphatic rings. The molecular formula is C49H35N7O3S. The predicted octanol–water partition coefficient (Wildman–Crippen LogP) is 9.91. The summed E-state index contributed by atoms with van der Waals surface area (Å²) >= 11 is 1.49. The second-order valence-electron chi connectivity index (χ2n) is 14.5. The highest BCUT2D eigenvalue weighted by Crippen LogP contribution is 2.39. The Bertz CT molecular complexity index is 3040. The summed E-state index contributed by atoms with van der Waals surface area (Å²) in [7, 11) is 0. The van der Waals surface area contributed by atoms with E-state index < -0.39 is 12.1 Å². The van der Waals surface area contributed by atoms with E-state index in [0.717, 1.165) is 77.5 Å². The molecule has 290 valence electrons. The van der Waals surface area contributed by atoms with Crippen molar-refractivity contribution >= 4 is 33.1 Å². The van der Waals surface area contributed by atoms with Crippen molar-refractivity contribution in [1.82, 2.24) is 24.9 Å². The second kappa shape index (κ2) is 15.3. The first-order valence-electron chi connectivity index (χ1n) is 19.3. The number of aromatic nitrogens is 5. The molecule has 0 fully saturated rings. The zero-order valence-corrected chi connectivity index (χ0v) is 32.7. The molecule has 2 atom stereocenters. The number of pyridine rings is 4. The van der Waals surface area contributed by atoms with Gasteiger partial charge in [0.1, 0.15) is 0 Å². The van der Waals surface area contributed by atoms with Gasteiger partial charge in [-0.1, -0.05) is 109 Å². The van der Waals surface area contributed by atoms with Crippen LogP contribution >= 0.6 is 11.3 Å². The van der Waals surface area contributed by atoms with Crippen molar-refractivity contribution in [1.29, 1.82) is 0 Å². The summed E-state index contributed by atoms with van der Waals surface area (Å²) < 4.78 is 5.37. The molecule has 10 nitrogen and oxygen atoms in total. The first-order valence-corrected chi connectivity index (χ1v) is 20.2. The minimum atomic E-state index is -0.526. The SMILES string of the molecule is NC(c1ccc(-c2nc3c(-c4ccoc4)c[nH]c(=O)c3cc2-c2ccccc2)cc1)C(N)c1ccc(-c2nc3c(-c4cncs4)c[nH]c(=O)c3cc2-c2ccccc2)cc1. The van der Waals surface area contributed by atoms with Gasteiger partial charge in [-0.25, -0.2) is 9.97 Å². The number of benzene rings is 4. The maximum atomic E-state index is 13.2. The van der Waals surface area contributed by atoms with Crippen LogP contribution in [0.2, 0.25) is 0 Å². The number of hydrogen-bond acceptors (Lipinski definition) is 9. The Morgan fingerprint density at radius 3 is 1.52 bits per heavy atom. The first-order chi connectivity index (χ1) is 29.4. The molecule has 0 saturated heterocycles. The van der Waals surface area contributed by atoms with Gasteiger partial charge in [0.15, 0.2) is 0 Å².